The fourth-order valence-electron chi connectivity index (χ4n) is 1.45. The standard InChI is InChI=1S/C14H28N2O4S2/c1-19-13(17)3-5-15-7-9-21-11-12-22-10-8-16-6-4-14(18)20-2/h15-16H,3-12H2,1-2H3. The van der Waals surface area contributed by atoms with Gasteiger partial charge in [-0.3, -0.25) is 9.59 Å². The van der Waals surface area contributed by atoms with Crippen LogP contribution in [0.25, 0.3) is 0 Å². The number of hydrogen-bond donors (Lipinski definition) is 2. The minimum Gasteiger partial charge on any atom is -0.469 e. The predicted molar refractivity (Wildman–Crippen MR) is 93.7 cm³/mol. The van der Waals surface area contributed by atoms with Crippen LogP contribution in [-0.4, -0.2) is 75.3 Å². The number of hydrogen-bond acceptors (Lipinski definition) is 8. The van der Waals surface area contributed by atoms with Gasteiger partial charge in [0.15, 0.2) is 0 Å². The first kappa shape index (κ1) is 21.6. The molecule has 0 aromatic carbocycles. The molecule has 8 heteroatoms. The van der Waals surface area contributed by atoms with E-state index in [0.717, 1.165) is 36.1 Å². The summed E-state index contributed by atoms with van der Waals surface area (Å²) in [6.45, 7) is 3.20. The molecule has 0 aliphatic heterocycles. The normalized spacial score (nSPS) is 10.5. The van der Waals surface area contributed by atoms with Crippen LogP contribution in [0.15, 0.2) is 0 Å². The average molecular weight is 353 g/mol. The molecule has 0 aliphatic rings. The van der Waals surface area contributed by atoms with Crippen molar-refractivity contribution in [2.75, 3.05) is 63.4 Å². The molecule has 22 heavy (non-hydrogen) atoms. The van der Waals surface area contributed by atoms with Gasteiger partial charge in [-0.15, -0.1) is 0 Å². The second-order valence-electron chi connectivity index (χ2n) is 4.38. The summed E-state index contributed by atoms with van der Waals surface area (Å²) < 4.78 is 9.12. The zero-order valence-corrected chi connectivity index (χ0v) is 15.2. The molecule has 0 amide bonds. The van der Waals surface area contributed by atoms with E-state index in [1.165, 1.54) is 14.2 Å². The van der Waals surface area contributed by atoms with E-state index in [-0.39, 0.29) is 11.9 Å². The first-order chi connectivity index (χ1) is 10.7. The molecule has 0 aromatic heterocycles. The molecule has 0 aromatic rings. The number of ether oxygens (including phenoxy) is 2. The topological polar surface area (TPSA) is 76.7 Å². The van der Waals surface area contributed by atoms with Crippen molar-refractivity contribution >= 4 is 35.5 Å². The Kier molecular flexibility index (Phi) is 16.6. The van der Waals surface area contributed by atoms with Crippen LogP contribution in [0.2, 0.25) is 0 Å². The lowest BCUT2D eigenvalue weighted by molar-refractivity contribution is -0.141. The van der Waals surface area contributed by atoms with Gasteiger partial charge < -0.3 is 20.1 Å². The SMILES string of the molecule is COC(=O)CCNCCSCCSCCNCCC(=O)OC. The predicted octanol–water partition coefficient (Wildman–Crippen LogP) is 0.758. The molecule has 0 saturated carbocycles. The summed E-state index contributed by atoms with van der Waals surface area (Å²) in [6.07, 6.45) is 0.861. The third-order valence-corrected chi connectivity index (χ3v) is 4.92. The van der Waals surface area contributed by atoms with Crippen molar-refractivity contribution in [3.8, 4) is 0 Å². The Hall–Kier alpha value is -0.440. The van der Waals surface area contributed by atoms with Crippen molar-refractivity contribution in [3.05, 3.63) is 0 Å². The number of thioether (sulfide) groups is 2. The molecule has 0 bridgehead atoms. The van der Waals surface area contributed by atoms with Gasteiger partial charge in [0.2, 0.25) is 0 Å². The lowest BCUT2D eigenvalue weighted by Crippen LogP contribution is -2.22. The molecule has 130 valence electrons. The van der Waals surface area contributed by atoms with Gasteiger partial charge in [0, 0.05) is 49.2 Å². The van der Waals surface area contributed by atoms with Gasteiger partial charge in [0.1, 0.15) is 0 Å². The van der Waals surface area contributed by atoms with E-state index < -0.39 is 0 Å². The summed E-state index contributed by atoms with van der Waals surface area (Å²) in [4.78, 5) is 21.7. The molecule has 0 aliphatic carbocycles. The van der Waals surface area contributed by atoms with E-state index in [2.05, 4.69) is 20.1 Å². The molecule has 0 fully saturated rings. The highest BCUT2D eigenvalue weighted by Crippen LogP contribution is 2.05. The molecule has 0 radical (unpaired) electrons. The summed E-state index contributed by atoms with van der Waals surface area (Å²) in [5, 5.41) is 6.43. The van der Waals surface area contributed by atoms with E-state index in [1.54, 1.807) is 0 Å². The number of carbonyl (C=O) groups is 2. The van der Waals surface area contributed by atoms with Crippen molar-refractivity contribution in [1.29, 1.82) is 0 Å². The number of rotatable bonds is 15. The third-order valence-electron chi connectivity index (χ3n) is 2.69. The zero-order valence-electron chi connectivity index (χ0n) is 13.5. The fourth-order valence-corrected chi connectivity index (χ4v) is 3.37. The first-order valence-electron chi connectivity index (χ1n) is 7.41. The van der Waals surface area contributed by atoms with Crippen molar-refractivity contribution in [2.24, 2.45) is 0 Å². The van der Waals surface area contributed by atoms with Crippen molar-refractivity contribution in [3.63, 3.8) is 0 Å². The quantitative estimate of drug-likeness (QED) is 0.330. The Morgan fingerprint density at radius 2 is 1.14 bits per heavy atom. The van der Waals surface area contributed by atoms with Crippen LogP contribution in [0.4, 0.5) is 0 Å². The maximum absolute atomic E-state index is 10.9. The van der Waals surface area contributed by atoms with Gasteiger partial charge in [-0.05, 0) is 0 Å². The van der Waals surface area contributed by atoms with Gasteiger partial charge in [-0.1, -0.05) is 0 Å². The fraction of sp³-hybridized carbons (Fsp3) is 0.857. The molecule has 0 heterocycles. The molecule has 0 saturated heterocycles. The van der Waals surface area contributed by atoms with Crippen molar-refractivity contribution in [2.45, 2.75) is 12.8 Å². The van der Waals surface area contributed by atoms with Crippen molar-refractivity contribution in [1.82, 2.24) is 10.6 Å². The van der Waals surface area contributed by atoms with Crippen LogP contribution in [-0.2, 0) is 19.1 Å². The van der Waals surface area contributed by atoms with Gasteiger partial charge in [-0.25, -0.2) is 0 Å². The molecule has 0 spiro atoms. The Balaban J connectivity index is 3.05. The second kappa shape index (κ2) is 16.9. The summed E-state index contributed by atoms with van der Waals surface area (Å²) >= 11 is 3.82. The molecular formula is C14H28N2O4S2. The molecule has 0 unspecified atom stereocenters. The van der Waals surface area contributed by atoms with E-state index >= 15 is 0 Å². The van der Waals surface area contributed by atoms with Gasteiger partial charge in [0.25, 0.3) is 0 Å². The Morgan fingerprint density at radius 3 is 1.50 bits per heavy atom. The minimum absolute atomic E-state index is 0.170. The largest absolute Gasteiger partial charge is 0.469 e. The Morgan fingerprint density at radius 1 is 0.727 bits per heavy atom. The minimum atomic E-state index is -0.170. The van der Waals surface area contributed by atoms with Gasteiger partial charge >= 0.3 is 11.9 Å². The Bertz CT molecular complexity index is 266. The molecule has 2 N–H and O–H groups in total. The maximum atomic E-state index is 10.9. The van der Waals surface area contributed by atoms with Gasteiger partial charge in [0.05, 0.1) is 27.1 Å². The van der Waals surface area contributed by atoms with Crippen LogP contribution in [0, 0.1) is 0 Å². The molecular weight excluding hydrogens is 324 g/mol. The summed E-state index contributed by atoms with van der Waals surface area (Å²) in [5.74, 6) is 4.03. The number of esters is 2. The summed E-state index contributed by atoms with van der Waals surface area (Å²) in [6, 6.07) is 0. The smallest absolute Gasteiger partial charge is 0.306 e. The van der Waals surface area contributed by atoms with E-state index in [0.29, 0.717) is 25.9 Å². The highest BCUT2D eigenvalue weighted by Gasteiger charge is 1.99. The second-order valence-corrected chi connectivity index (χ2v) is 6.83. The lowest BCUT2D eigenvalue weighted by Gasteiger charge is -2.05. The number of nitrogens with one attached hydrogen (secondary N) is 2. The summed E-state index contributed by atoms with van der Waals surface area (Å²) in [7, 11) is 2.81. The van der Waals surface area contributed by atoms with E-state index in [9.17, 15) is 9.59 Å². The van der Waals surface area contributed by atoms with Crippen molar-refractivity contribution < 1.29 is 19.1 Å². The number of methoxy groups -OCH3 is 2. The first-order valence-corrected chi connectivity index (χ1v) is 9.72. The zero-order chi connectivity index (χ0) is 16.5. The Labute approximate surface area is 141 Å². The van der Waals surface area contributed by atoms with Crippen LogP contribution in [0.1, 0.15) is 12.8 Å². The van der Waals surface area contributed by atoms with Crippen LogP contribution in [0.5, 0.6) is 0 Å². The maximum Gasteiger partial charge on any atom is 0.306 e. The molecule has 6 nitrogen and oxygen atoms in total. The molecule has 0 rings (SSSR count). The highest BCUT2D eigenvalue weighted by molar-refractivity contribution is 8.02. The highest BCUT2D eigenvalue weighted by atomic mass is 32.2. The number of carbonyl (C=O) groups excluding carboxylic acids is 2. The van der Waals surface area contributed by atoms with Gasteiger partial charge in [-0.2, -0.15) is 23.5 Å². The van der Waals surface area contributed by atoms with Crippen LogP contribution < -0.4 is 10.6 Å². The van der Waals surface area contributed by atoms with Crippen LogP contribution >= 0.6 is 23.5 Å². The van der Waals surface area contributed by atoms with E-state index in [1.807, 2.05) is 23.5 Å². The third kappa shape index (κ3) is 15.9. The lowest BCUT2D eigenvalue weighted by atomic mass is 10.4. The molecule has 0 atom stereocenters. The van der Waals surface area contributed by atoms with E-state index in [4.69, 9.17) is 0 Å². The summed E-state index contributed by atoms with van der Waals surface area (Å²) in [5.41, 5.74) is 0. The monoisotopic (exact) mass is 352 g/mol. The van der Waals surface area contributed by atoms with Crippen LogP contribution in [0.3, 0.4) is 0 Å². The average Bonchev–Trinajstić information content (AvgIpc) is 2.54.